The average molecular weight is 386 g/mol. The number of carbonyl (C=O) groups is 1. The zero-order chi connectivity index (χ0) is 20.6. The maximum absolute atomic E-state index is 12.8. The molecule has 0 unspecified atom stereocenters. The Morgan fingerprint density at radius 1 is 1.03 bits per heavy atom. The molecule has 0 aliphatic carbocycles. The summed E-state index contributed by atoms with van der Waals surface area (Å²) in [6, 6.07) is 19.4. The maximum atomic E-state index is 12.8. The number of rotatable bonds is 5. The number of carbonyl (C=O) groups excluding carboxylic acids is 1. The van der Waals surface area contributed by atoms with Gasteiger partial charge in [-0.25, -0.2) is 4.99 Å². The Morgan fingerprint density at radius 3 is 2.52 bits per heavy atom. The van der Waals surface area contributed by atoms with Gasteiger partial charge in [-0.2, -0.15) is 0 Å². The summed E-state index contributed by atoms with van der Waals surface area (Å²) in [7, 11) is 0. The van der Waals surface area contributed by atoms with E-state index in [1.165, 1.54) is 5.56 Å². The molecule has 5 heteroatoms. The molecule has 2 aromatic carbocycles. The third-order valence-corrected chi connectivity index (χ3v) is 4.63. The lowest BCUT2D eigenvalue weighted by Crippen LogP contribution is -2.36. The Labute approximate surface area is 171 Å². The van der Waals surface area contributed by atoms with Gasteiger partial charge >= 0.3 is 0 Å². The summed E-state index contributed by atoms with van der Waals surface area (Å²) in [4.78, 5) is 21.6. The predicted molar refractivity (Wildman–Crippen MR) is 118 cm³/mol. The van der Waals surface area contributed by atoms with Crippen LogP contribution in [0.25, 0.3) is 0 Å². The Balaban J connectivity index is 1.82. The minimum atomic E-state index is -0.203. The van der Waals surface area contributed by atoms with E-state index in [4.69, 9.17) is 0 Å². The van der Waals surface area contributed by atoms with Crippen LogP contribution in [0.5, 0.6) is 0 Å². The molecule has 1 aromatic heterocycles. The van der Waals surface area contributed by atoms with Crippen LogP contribution in [0.2, 0.25) is 0 Å². The van der Waals surface area contributed by atoms with Crippen LogP contribution in [0.1, 0.15) is 39.7 Å². The quantitative estimate of drug-likeness (QED) is 0.495. The van der Waals surface area contributed by atoms with Gasteiger partial charge in [-0.3, -0.25) is 15.1 Å². The second kappa shape index (κ2) is 9.64. The summed E-state index contributed by atoms with van der Waals surface area (Å²) in [5.41, 5.74) is 5.72. The lowest BCUT2D eigenvalue weighted by Gasteiger charge is -2.14. The van der Waals surface area contributed by atoms with Crippen LogP contribution in [0, 0.1) is 13.8 Å². The van der Waals surface area contributed by atoms with Crippen LogP contribution in [0.4, 0.5) is 5.69 Å². The fraction of sp³-hybridized carbons (Fsp3) is 0.208. The van der Waals surface area contributed by atoms with Crippen LogP contribution in [0.3, 0.4) is 0 Å². The van der Waals surface area contributed by atoms with E-state index in [0.29, 0.717) is 18.1 Å². The van der Waals surface area contributed by atoms with Gasteiger partial charge in [0, 0.05) is 17.4 Å². The number of hydrogen-bond acceptors (Lipinski definition) is 3. The topological polar surface area (TPSA) is 66.4 Å². The molecule has 29 heavy (non-hydrogen) atoms. The lowest BCUT2D eigenvalue weighted by atomic mass is 10.1. The van der Waals surface area contributed by atoms with Gasteiger partial charge in [0.1, 0.15) is 0 Å². The van der Waals surface area contributed by atoms with E-state index in [0.717, 1.165) is 28.9 Å². The zero-order valence-electron chi connectivity index (χ0n) is 17.1. The summed E-state index contributed by atoms with van der Waals surface area (Å²) in [5.74, 6) is 0.194. The van der Waals surface area contributed by atoms with Crippen molar-refractivity contribution >= 4 is 17.6 Å². The summed E-state index contributed by atoms with van der Waals surface area (Å²) >= 11 is 0. The number of benzene rings is 2. The molecule has 0 saturated carbocycles. The van der Waals surface area contributed by atoms with Crippen molar-refractivity contribution in [1.29, 1.82) is 0 Å². The normalized spacial score (nSPS) is 11.2. The SMILES string of the molecule is CCc1ccc(C(=O)NC(=NCc2ccccn2)Nc2cc(C)ccc2C)cc1. The van der Waals surface area contributed by atoms with Gasteiger partial charge in [-0.05, 0) is 67.3 Å². The number of anilines is 1. The Bertz CT molecular complexity index is 995. The summed E-state index contributed by atoms with van der Waals surface area (Å²) < 4.78 is 0. The molecule has 0 radical (unpaired) electrons. The second-order valence-corrected chi connectivity index (χ2v) is 6.93. The average Bonchev–Trinajstić information content (AvgIpc) is 2.75. The fourth-order valence-electron chi connectivity index (χ4n) is 2.83. The third kappa shape index (κ3) is 5.75. The highest BCUT2D eigenvalue weighted by atomic mass is 16.1. The predicted octanol–water partition coefficient (Wildman–Crippen LogP) is 4.66. The third-order valence-electron chi connectivity index (χ3n) is 4.63. The Kier molecular flexibility index (Phi) is 6.74. The number of guanidine groups is 1. The van der Waals surface area contributed by atoms with E-state index in [9.17, 15) is 4.79 Å². The number of aromatic nitrogens is 1. The second-order valence-electron chi connectivity index (χ2n) is 6.93. The van der Waals surface area contributed by atoms with Crippen molar-refractivity contribution < 1.29 is 4.79 Å². The molecule has 1 amide bonds. The van der Waals surface area contributed by atoms with Crippen molar-refractivity contribution in [2.75, 3.05) is 5.32 Å². The minimum Gasteiger partial charge on any atom is -0.326 e. The zero-order valence-corrected chi connectivity index (χ0v) is 17.1. The van der Waals surface area contributed by atoms with Crippen molar-refractivity contribution in [2.45, 2.75) is 33.7 Å². The molecular weight excluding hydrogens is 360 g/mol. The Morgan fingerprint density at radius 2 is 1.83 bits per heavy atom. The largest absolute Gasteiger partial charge is 0.326 e. The molecule has 0 spiro atoms. The van der Waals surface area contributed by atoms with Crippen LogP contribution in [-0.2, 0) is 13.0 Å². The van der Waals surface area contributed by atoms with Crippen molar-refractivity contribution in [3.8, 4) is 0 Å². The number of aliphatic imine (C=N–C) groups is 1. The highest BCUT2D eigenvalue weighted by molar-refractivity contribution is 6.10. The number of amides is 1. The minimum absolute atomic E-state index is 0.203. The first-order valence-electron chi connectivity index (χ1n) is 9.74. The van der Waals surface area contributed by atoms with Crippen molar-refractivity contribution in [3.05, 3.63) is 94.8 Å². The highest BCUT2D eigenvalue weighted by Gasteiger charge is 2.11. The molecular formula is C24H26N4O. The first-order valence-corrected chi connectivity index (χ1v) is 9.74. The number of pyridine rings is 1. The number of hydrogen-bond donors (Lipinski definition) is 2. The molecule has 0 aliphatic heterocycles. The molecule has 3 rings (SSSR count). The molecule has 2 N–H and O–H groups in total. The fourth-order valence-corrected chi connectivity index (χ4v) is 2.83. The van der Waals surface area contributed by atoms with Crippen molar-refractivity contribution in [2.24, 2.45) is 4.99 Å². The van der Waals surface area contributed by atoms with Crippen molar-refractivity contribution in [3.63, 3.8) is 0 Å². The standard InChI is InChI=1S/C24H26N4O/c1-4-19-10-12-20(13-11-19)23(29)28-24(26-16-21-7-5-6-14-25-21)27-22-15-17(2)8-9-18(22)3/h5-15H,4,16H2,1-3H3,(H2,26,27,28,29). The summed E-state index contributed by atoms with van der Waals surface area (Å²) in [6.45, 7) is 6.50. The van der Waals surface area contributed by atoms with Crippen LogP contribution in [-0.4, -0.2) is 16.9 Å². The lowest BCUT2D eigenvalue weighted by molar-refractivity contribution is 0.0977. The van der Waals surface area contributed by atoms with E-state index in [-0.39, 0.29) is 5.91 Å². The van der Waals surface area contributed by atoms with Gasteiger partial charge in [0.2, 0.25) is 5.96 Å². The van der Waals surface area contributed by atoms with Crippen molar-refractivity contribution in [1.82, 2.24) is 10.3 Å². The van der Waals surface area contributed by atoms with Crippen LogP contribution >= 0.6 is 0 Å². The number of nitrogens with one attached hydrogen (secondary N) is 2. The molecule has 3 aromatic rings. The van der Waals surface area contributed by atoms with Gasteiger partial charge in [-0.1, -0.05) is 37.3 Å². The van der Waals surface area contributed by atoms with Crippen LogP contribution in [0.15, 0.2) is 71.9 Å². The first kappa shape index (κ1) is 20.3. The maximum Gasteiger partial charge on any atom is 0.257 e. The van der Waals surface area contributed by atoms with Gasteiger partial charge in [-0.15, -0.1) is 0 Å². The van der Waals surface area contributed by atoms with Gasteiger partial charge < -0.3 is 5.32 Å². The van der Waals surface area contributed by atoms with E-state index in [1.54, 1.807) is 6.20 Å². The molecule has 0 fully saturated rings. The summed E-state index contributed by atoms with van der Waals surface area (Å²) in [6.07, 6.45) is 2.67. The number of aryl methyl sites for hydroxylation is 3. The van der Waals surface area contributed by atoms with E-state index < -0.39 is 0 Å². The molecule has 0 saturated heterocycles. The van der Waals surface area contributed by atoms with Gasteiger partial charge in [0.25, 0.3) is 5.91 Å². The Hall–Kier alpha value is -3.47. The first-order chi connectivity index (χ1) is 14.0. The van der Waals surface area contributed by atoms with E-state index in [2.05, 4.69) is 33.6 Å². The molecule has 1 heterocycles. The molecule has 0 atom stereocenters. The van der Waals surface area contributed by atoms with Gasteiger partial charge in [0.15, 0.2) is 0 Å². The van der Waals surface area contributed by atoms with Gasteiger partial charge in [0.05, 0.1) is 12.2 Å². The molecule has 0 aliphatic rings. The van der Waals surface area contributed by atoms with E-state index >= 15 is 0 Å². The highest BCUT2D eigenvalue weighted by Crippen LogP contribution is 2.16. The molecule has 148 valence electrons. The smallest absolute Gasteiger partial charge is 0.257 e. The molecule has 0 bridgehead atoms. The van der Waals surface area contributed by atoms with E-state index in [1.807, 2.05) is 68.4 Å². The monoisotopic (exact) mass is 386 g/mol. The molecule has 5 nitrogen and oxygen atoms in total. The van der Waals surface area contributed by atoms with Crippen LogP contribution < -0.4 is 10.6 Å². The summed E-state index contributed by atoms with van der Waals surface area (Å²) in [5, 5.41) is 6.18. The number of nitrogens with zero attached hydrogens (tertiary/aromatic N) is 2.